The van der Waals surface area contributed by atoms with Crippen molar-refractivity contribution in [3.63, 3.8) is 0 Å². The Morgan fingerprint density at radius 2 is 1.48 bits per heavy atom. The molecule has 0 radical (unpaired) electrons. The van der Waals surface area contributed by atoms with E-state index in [1.165, 1.54) is 60.7 Å². The maximum Gasteiger partial charge on any atom is 0.257 e. The fourth-order valence-corrected chi connectivity index (χ4v) is 4.04. The lowest BCUT2D eigenvalue weighted by Gasteiger charge is -2.06. The number of rotatable bonds is 5. The molecule has 0 bridgehead atoms. The van der Waals surface area contributed by atoms with Crippen LogP contribution in [0, 0.1) is 5.82 Å². The molecule has 3 N–H and O–H groups in total. The third-order valence-electron chi connectivity index (χ3n) is 4.42. The van der Waals surface area contributed by atoms with Crippen molar-refractivity contribution in [3.8, 4) is 16.3 Å². The summed E-state index contributed by atoms with van der Waals surface area (Å²) in [6.45, 7) is 0. The van der Waals surface area contributed by atoms with Crippen LogP contribution in [0.5, 0.6) is 5.75 Å². The number of carbonyl (C=O) groups is 2. The van der Waals surface area contributed by atoms with Crippen molar-refractivity contribution in [2.45, 2.75) is 0 Å². The van der Waals surface area contributed by atoms with Gasteiger partial charge in [0.25, 0.3) is 11.8 Å². The molecule has 0 saturated carbocycles. The second-order valence-corrected chi connectivity index (χ2v) is 8.51. The van der Waals surface area contributed by atoms with Gasteiger partial charge in [0.2, 0.25) is 5.13 Å². The number of benzene rings is 3. The molecule has 33 heavy (non-hydrogen) atoms. The number of phenols is 1. The van der Waals surface area contributed by atoms with Crippen LogP contribution in [0.1, 0.15) is 20.7 Å². The zero-order chi connectivity index (χ0) is 23.5. The summed E-state index contributed by atoms with van der Waals surface area (Å²) in [4.78, 5) is 24.9. The number of halogens is 3. The Labute approximate surface area is 200 Å². The average Bonchev–Trinajstić information content (AvgIpc) is 3.26. The number of anilines is 2. The van der Waals surface area contributed by atoms with E-state index in [-0.39, 0.29) is 15.9 Å². The first-order valence-electron chi connectivity index (χ1n) is 9.30. The summed E-state index contributed by atoms with van der Waals surface area (Å²) in [5.74, 6) is -1.46. The Bertz CT molecular complexity index is 1350. The Morgan fingerprint density at radius 3 is 2.12 bits per heavy atom. The molecule has 0 unspecified atom stereocenters. The first-order valence-corrected chi connectivity index (χ1v) is 10.9. The van der Waals surface area contributed by atoms with E-state index in [0.29, 0.717) is 32.4 Å². The molecule has 4 rings (SSSR count). The molecule has 0 aliphatic rings. The van der Waals surface area contributed by atoms with Crippen LogP contribution in [0.4, 0.5) is 15.2 Å². The standard InChI is InChI=1S/C22H13Cl2FN4O3S/c23-13-9-16(18(30)17(24)10-13)21-28-29-22(33-21)27-20(32)12-3-1-11(2-4-12)19(31)26-15-7-5-14(25)6-8-15/h1-10,30H,(H,26,31)(H,27,29,32). The maximum atomic E-state index is 13.0. The molecule has 11 heteroatoms. The zero-order valence-electron chi connectivity index (χ0n) is 16.5. The largest absolute Gasteiger partial charge is 0.506 e. The zero-order valence-corrected chi connectivity index (χ0v) is 18.8. The normalized spacial score (nSPS) is 10.6. The van der Waals surface area contributed by atoms with Gasteiger partial charge in [0.15, 0.2) is 5.01 Å². The number of nitrogens with one attached hydrogen (secondary N) is 2. The molecule has 0 saturated heterocycles. The lowest BCUT2D eigenvalue weighted by atomic mass is 10.1. The van der Waals surface area contributed by atoms with Gasteiger partial charge in [0.1, 0.15) is 11.6 Å². The number of amides is 2. The SMILES string of the molecule is O=C(Nc1ccc(F)cc1)c1ccc(C(=O)Nc2nnc(-c3cc(Cl)cc(Cl)c3O)s2)cc1. The number of phenolic OH excluding ortho intramolecular Hbond substituents is 1. The van der Waals surface area contributed by atoms with E-state index in [1.54, 1.807) is 0 Å². The molecule has 166 valence electrons. The van der Waals surface area contributed by atoms with Gasteiger partial charge in [0.05, 0.1) is 10.6 Å². The van der Waals surface area contributed by atoms with Crippen LogP contribution < -0.4 is 10.6 Å². The maximum absolute atomic E-state index is 13.0. The van der Waals surface area contributed by atoms with Gasteiger partial charge in [-0.05, 0) is 60.7 Å². The second kappa shape index (κ2) is 9.53. The van der Waals surface area contributed by atoms with Gasteiger partial charge in [-0.2, -0.15) is 0 Å². The fourth-order valence-electron chi connectivity index (χ4n) is 2.79. The van der Waals surface area contributed by atoms with E-state index < -0.39 is 17.6 Å². The monoisotopic (exact) mass is 502 g/mol. The lowest BCUT2D eigenvalue weighted by molar-refractivity contribution is 0.101. The quantitative estimate of drug-likeness (QED) is 0.317. The van der Waals surface area contributed by atoms with Crippen molar-refractivity contribution >= 4 is 57.2 Å². The van der Waals surface area contributed by atoms with Crippen LogP contribution in [0.15, 0.2) is 60.7 Å². The minimum Gasteiger partial charge on any atom is -0.506 e. The van der Waals surface area contributed by atoms with E-state index in [1.807, 2.05) is 0 Å². The molecule has 1 heterocycles. The number of carbonyl (C=O) groups excluding carboxylic acids is 2. The number of nitrogens with zero attached hydrogens (tertiary/aromatic N) is 2. The van der Waals surface area contributed by atoms with Crippen LogP contribution in [0.2, 0.25) is 10.0 Å². The Hall–Kier alpha value is -3.53. The number of hydrogen-bond acceptors (Lipinski definition) is 6. The van der Waals surface area contributed by atoms with Crippen molar-refractivity contribution in [2.24, 2.45) is 0 Å². The van der Waals surface area contributed by atoms with Crippen molar-refractivity contribution in [1.29, 1.82) is 0 Å². The number of aromatic hydroxyl groups is 1. The molecule has 0 fully saturated rings. The predicted molar refractivity (Wildman–Crippen MR) is 126 cm³/mol. The molecular weight excluding hydrogens is 490 g/mol. The summed E-state index contributed by atoms with van der Waals surface area (Å²) >= 11 is 12.9. The summed E-state index contributed by atoms with van der Waals surface area (Å²) in [5, 5.41) is 24.2. The van der Waals surface area contributed by atoms with Crippen LogP contribution in [-0.4, -0.2) is 27.1 Å². The Kier molecular flexibility index (Phi) is 6.55. The molecule has 4 aromatic rings. The van der Waals surface area contributed by atoms with Crippen LogP contribution >= 0.6 is 34.5 Å². The Balaban J connectivity index is 1.43. The van der Waals surface area contributed by atoms with Crippen LogP contribution in [0.25, 0.3) is 10.6 Å². The van der Waals surface area contributed by atoms with Crippen molar-refractivity contribution in [2.75, 3.05) is 10.6 Å². The highest BCUT2D eigenvalue weighted by atomic mass is 35.5. The predicted octanol–water partition coefficient (Wildman–Crippen LogP) is 5.86. The van der Waals surface area contributed by atoms with Crippen molar-refractivity contribution in [3.05, 3.63) is 87.7 Å². The first kappa shape index (κ1) is 22.7. The fraction of sp³-hybridized carbons (Fsp3) is 0. The molecule has 0 aliphatic heterocycles. The highest BCUT2D eigenvalue weighted by molar-refractivity contribution is 7.18. The average molecular weight is 503 g/mol. The smallest absolute Gasteiger partial charge is 0.257 e. The van der Waals surface area contributed by atoms with E-state index in [2.05, 4.69) is 20.8 Å². The van der Waals surface area contributed by atoms with Gasteiger partial charge in [-0.15, -0.1) is 10.2 Å². The Morgan fingerprint density at radius 1 is 0.879 bits per heavy atom. The highest BCUT2D eigenvalue weighted by Gasteiger charge is 2.17. The third kappa shape index (κ3) is 5.28. The molecule has 0 aliphatic carbocycles. The molecular formula is C22H13Cl2FN4O3S. The van der Waals surface area contributed by atoms with Gasteiger partial charge < -0.3 is 10.4 Å². The lowest BCUT2D eigenvalue weighted by Crippen LogP contribution is -2.14. The van der Waals surface area contributed by atoms with Gasteiger partial charge in [-0.25, -0.2) is 4.39 Å². The molecule has 0 atom stereocenters. The highest BCUT2D eigenvalue weighted by Crippen LogP contribution is 2.39. The second-order valence-electron chi connectivity index (χ2n) is 6.69. The summed E-state index contributed by atoms with van der Waals surface area (Å²) in [6.07, 6.45) is 0. The topological polar surface area (TPSA) is 104 Å². The van der Waals surface area contributed by atoms with E-state index in [0.717, 1.165) is 11.3 Å². The molecule has 1 aromatic heterocycles. The summed E-state index contributed by atoms with van der Waals surface area (Å²) in [7, 11) is 0. The van der Waals surface area contributed by atoms with E-state index in [4.69, 9.17) is 23.2 Å². The molecule has 3 aromatic carbocycles. The van der Waals surface area contributed by atoms with Gasteiger partial charge >= 0.3 is 0 Å². The first-order chi connectivity index (χ1) is 15.8. The van der Waals surface area contributed by atoms with Crippen molar-refractivity contribution in [1.82, 2.24) is 10.2 Å². The summed E-state index contributed by atoms with van der Waals surface area (Å²) < 4.78 is 13.0. The van der Waals surface area contributed by atoms with E-state index in [9.17, 15) is 19.1 Å². The molecule has 7 nitrogen and oxygen atoms in total. The summed E-state index contributed by atoms with van der Waals surface area (Å²) in [6, 6.07) is 14.2. The van der Waals surface area contributed by atoms with Crippen molar-refractivity contribution < 1.29 is 19.1 Å². The van der Waals surface area contributed by atoms with Crippen LogP contribution in [-0.2, 0) is 0 Å². The number of hydrogen-bond donors (Lipinski definition) is 3. The van der Waals surface area contributed by atoms with Gasteiger partial charge in [0, 0.05) is 21.8 Å². The molecule has 0 spiro atoms. The number of aromatic nitrogens is 2. The van der Waals surface area contributed by atoms with Crippen LogP contribution in [0.3, 0.4) is 0 Å². The molecule has 2 amide bonds. The van der Waals surface area contributed by atoms with Gasteiger partial charge in [-0.3, -0.25) is 14.9 Å². The third-order valence-corrected chi connectivity index (χ3v) is 5.79. The minimum atomic E-state index is -0.462. The van der Waals surface area contributed by atoms with E-state index >= 15 is 0 Å². The minimum absolute atomic E-state index is 0.0711. The summed E-state index contributed by atoms with van der Waals surface area (Å²) in [5.41, 5.74) is 1.35. The van der Waals surface area contributed by atoms with Gasteiger partial charge in [-0.1, -0.05) is 34.5 Å².